The Morgan fingerprint density at radius 3 is 2.25 bits per heavy atom. The van der Waals surface area contributed by atoms with Crippen molar-refractivity contribution in [3.8, 4) is 0 Å². The lowest BCUT2D eigenvalue weighted by Crippen LogP contribution is -2.24. The average Bonchev–Trinajstić information content (AvgIpc) is 2.48. The number of allylic oxidation sites excluding steroid dienone is 1. The summed E-state index contributed by atoms with van der Waals surface area (Å²) in [4.78, 5) is 24.1. The van der Waals surface area contributed by atoms with Crippen molar-refractivity contribution in [1.29, 1.82) is 0 Å². The summed E-state index contributed by atoms with van der Waals surface area (Å²) in [7, 11) is 0. The first kappa shape index (κ1) is 14.5. The third-order valence-corrected chi connectivity index (χ3v) is 3.72. The quantitative estimate of drug-likeness (QED) is 0.627. The largest absolute Gasteiger partial charge is 0.507 e. The van der Waals surface area contributed by atoms with Crippen LogP contribution in [0.5, 0.6) is 0 Å². The molecule has 2 rings (SSSR count). The van der Waals surface area contributed by atoms with E-state index in [0.29, 0.717) is 17.5 Å². The topological polar surface area (TPSA) is 54.4 Å². The van der Waals surface area contributed by atoms with Crippen LogP contribution in [0.1, 0.15) is 61.4 Å². The molecule has 0 saturated heterocycles. The Hall–Kier alpha value is -1.90. The van der Waals surface area contributed by atoms with Gasteiger partial charge >= 0.3 is 0 Å². The lowest BCUT2D eigenvalue weighted by Gasteiger charge is -2.17. The van der Waals surface area contributed by atoms with Crippen molar-refractivity contribution in [3.63, 3.8) is 0 Å². The third-order valence-electron chi connectivity index (χ3n) is 3.72. The second kappa shape index (κ2) is 6.51. The molecule has 0 aromatic heterocycles. The fraction of sp³-hybridized carbons (Fsp3) is 0.412. The van der Waals surface area contributed by atoms with Gasteiger partial charge in [0.25, 0.3) is 0 Å². The molecular formula is C17H20O3. The summed E-state index contributed by atoms with van der Waals surface area (Å²) in [5, 5.41) is 10.2. The SMILES string of the molecule is CCCCCCCC1=C(O)c2ccccc2C(=O)C1=O. The van der Waals surface area contributed by atoms with E-state index in [4.69, 9.17) is 0 Å². The van der Waals surface area contributed by atoms with E-state index in [-0.39, 0.29) is 11.3 Å². The van der Waals surface area contributed by atoms with Crippen molar-refractivity contribution in [3.05, 3.63) is 41.0 Å². The van der Waals surface area contributed by atoms with Gasteiger partial charge in [0.1, 0.15) is 5.76 Å². The van der Waals surface area contributed by atoms with Crippen molar-refractivity contribution in [2.75, 3.05) is 0 Å². The number of fused-ring (bicyclic) bond motifs is 1. The molecule has 0 radical (unpaired) electrons. The molecule has 1 aromatic carbocycles. The lowest BCUT2D eigenvalue weighted by molar-refractivity contribution is -0.112. The predicted octanol–water partition coefficient (Wildman–Crippen LogP) is 4.08. The fourth-order valence-corrected chi connectivity index (χ4v) is 2.55. The molecule has 0 saturated carbocycles. The summed E-state index contributed by atoms with van der Waals surface area (Å²) in [5.41, 5.74) is 1.08. The van der Waals surface area contributed by atoms with Gasteiger partial charge in [-0.15, -0.1) is 0 Å². The number of hydrogen-bond acceptors (Lipinski definition) is 3. The average molecular weight is 272 g/mol. The van der Waals surface area contributed by atoms with Crippen LogP contribution in [0.3, 0.4) is 0 Å². The summed E-state index contributed by atoms with van der Waals surface area (Å²) in [6.45, 7) is 2.15. The number of Topliss-reactive ketones (excluding diaryl/α,β-unsaturated/α-hetero) is 2. The maximum absolute atomic E-state index is 12.1. The maximum atomic E-state index is 12.1. The number of aliphatic hydroxyl groups excluding tert-OH is 1. The zero-order chi connectivity index (χ0) is 14.5. The molecule has 0 bridgehead atoms. The van der Waals surface area contributed by atoms with E-state index in [0.717, 1.165) is 19.3 Å². The van der Waals surface area contributed by atoms with E-state index >= 15 is 0 Å². The highest BCUT2D eigenvalue weighted by atomic mass is 16.3. The maximum Gasteiger partial charge on any atom is 0.234 e. The van der Waals surface area contributed by atoms with Crippen LogP contribution in [0.2, 0.25) is 0 Å². The van der Waals surface area contributed by atoms with E-state index in [1.54, 1.807) is 24.3 Å². The van der Waals surface area contributed by atoms with Gasteiger partial charge in [-0.2, -0.15) is 0 Å². The molecule has 3 nitrogen and oxygen atoms in total. The third kappa shape index (κ3) is 2.82. The van der Waals surface area contributed by atoms with E-state index in [1.165, 1.54) is 12.8 Å². The van der Waals surface area contributed by atoms with Crippen LogP contribution < -0.4 is 0 Å². The van der Waals surface area contributed by atoms with E-state index in [9.17, 15) is 14.7 Å². The van der Waals surface area contributed by atoms with Crippen LogP contribution in [-0.4, -0.2) is 16.7 Å². The summed E-state index contributed by atoms with van der Waals surface area (Å²) >= 11 is 0. The van der Waals surface area contributed by atoms with Crippen LogP contribution in [0, 0.1) is 0 Å². The molecule has 0 atom stereocenters. The molecule has 0 amide bonds. The highest BCUT2D eigenvalue weighted by Gasteiger charge is 2.31. The van der Waals surface area contributed by atoms with Crippen LogP contribution in [0.4, 0.5) is 0 Å². The van der Waals surface area contributed by atoms with Crippen molar-refractivity contribution >= 4 is 17.3 Å². The summed E-state index contributed by atoms with van der Waals surface area (Å²) in [6.07, 6.45) is 5.81. The van der Waals surface area contributed by atoms with E-state index < -0.39 is 11.6 Å². The molecule has 20 heavy (non-hydrogen) atoms. The van der Waals surface area contributed by atoms with Gasteiger partial charge in [-0.05, 0) is 12.8 Å². The van der Waals surface area contributed by atoms with E-state index in [2.05, 4.69) is 6.92 Å². The molecule has 106 valence electrons. The minimum Gasteiger partial charge on any atom is -0.507 e. The molecule has 0 spiro atoms. The van der Waals surface area contributed by atoms with Crippen molar-refractivity contribution in [2.45, 2.75) is 45.4 Å². The van der Waals surface area contributed by atoms with Crippen molar-refractivity contribution in [2.24, 2.45) is 0 Å². The van der Waals surface area contributed by atoms with Gasteiger partial charge in [0, 0.05) is 16.7 Å². The van der Waals surface area contributed by atoms with Crippen LogP contribution >= 0.6 is 0 Å². The van der Waals surface area contributed by atoms with Crippen LogP contribution in [0.25, 0.3) is 5.76 Å². The zero-order valence-corrected chi connectivity index (χ0v) is 11.8. The standard InChI is InChI=1S/C17H20O3/c1-2-3-4-5-6-11-14-15(18)12-9-7-8-10-13(12)16(19)17(14)20/h7-10,18H,2-6,11H2,1H3. The molecular weight excluding hydrogens is 252 g/mol. The number of aliphatic hydroxyl groups is 1. The number of unbranched alkanes of at least 4 members (excludes halogenated alkanes) is 4. The van der Waals surface area contributed by atoms with Gasteiger partial charge < -0.3 is 5.11 Å². The Morgan fingerprint density at radius 2 is 1.55 bits per heavy atom. The summed E-state index contributed by atoms with van der Waals surface area (Å²) in [5.74, 6) is -1.06. The number of ketones is 2. The summed E-state index contributed by atoms with van der Waals surface area (Å²) < 4.78 is 0. The Kier molecular flexibility index (Phi) is 4.72. The fourth-order valence-electron chi connectivity index (χ4n) is 2.55. The van der Waals surface area contributed by atoms with Gasteiger partial charge in [-0.25, -0.2) is 0 Å². The molecule has 1 aliphatic rings. The van der Waals surface area contributed by atoms with Crippen molar-refractivity contribution < 1.29 is 14.7 Å². The molecule has 1 aliphatic carbocycles. The molecule has 1 aromatic rings. The first-order valence-corrected chi connectivity index (χ1v) is 7.27. The Labute approximate surface area is 119 Å². The molecule has 3 heteroatoms. The van der Waals surface area contributed by atoms with Gasteiger partial charge in [0.2, 0.25) is 11.6 Å². The first-order chi connectivity index (χ1) is 9.66. The second-order valence-corrected chi connectivity index (χ2v) is 5.20. The number of benzene rings is 1. The Bertz CT molecular complexity index is 555. The van der Waals surface area contributed by atoms with Crippen LogP contribution in [-0.2, 0) is 4.79 Å². The van der Waals surface area contributed by atoms with Gasteiger partial charge in [-0.1, -0.05) is 56.9 Å². The predicted molar refractivity (Wildman–Crippen MR) is 78.7 cm³/mol. The molecule has 0 unspecified atom stereocenters. The second-order valence-electron chi connectivity index (χ2n) is 5.20. The van der Waals surface area contributed by atoms with Gasteiger partial charge in [0.05, 0.1) is 0 Å². The normalized spacial score (nSPS) is 14.7. The zero-order valence-electron chi connectivity index (χ0n) is 11.8. The van der Waals surface area contributed by atoms with Gasteiger partial charge in [-0.3, -0.25) is 9.59 Å². The smallest absolute Gasteiger partial charge is 0.234 e. The first-order valence-electron chi connectivity index (χ1n) is 7.27. The van der Waals surface area contributed by atoms with Crippen molar-refractivity contribution in [1.82, 2.24) is 0 Å². The number of rotatable bonds is 6. The molecule has 0 aliphatic heterocycles. The Balaban J connectivity index is 2.15. The number of carbonyl (C=O) groups excluding carboxylic acids is 2. The monoisotopic (exact) mass is 272 g/mol. The minimum atomic E-state index is -0.545. The Morgan fingerprint density at radius 1 is 0.900 bits per heavy atom. The molecule has 0 fully saturated rings. The molecule has 0 heterocycles. The number of hydrogen-bond donors (Lipinski definition) is 1. The van der Waals surface area contributed by atoms with Crippen LogP contribution in [0.15, 0.2) is 29.8 Å². The molecule has 1 N–H and O–H groups in total. The number of carbonyl (C=O) groups is 2. The highest BCUT2D eigenvalue weighted by molar-refractivity contribution is 6.52. The summed E-state index contributed by atoms with van der Waals surface area (Å²) in [6, 6.07) is 6.74. The minimum absolute atomic E-state index is 0.0132. The van der Waals surface area contributed by atoms with E-state index in [1.807, 2.05) is 0 Å². The highest BCUT2D eigenvalue weighted by Crippen LogP contribution is 2.30. The lowest BCUT2D eigenvalue weighted by atomic mass is 9.86. The van der Waals surface area contributed by atoms with Gasteiger partial charge in [0.15, 0.2) is 0 Å².